The lowest BCUT2D eigenvalue weighted by molar-refractivity contribution is -0.120. The number of ether oxygens (including phenoxy) is 1. The smallest absolute Gasteiger partial charge is 0.224 e. The molecule has 128 valence electrons. The van der Waals surface area contributed by atoms with Crippen molar-refractivity contribution < 1.29 is 13.9 Å². The molecule has 0 unspecified atom stereocenters. The topological polar surface area (TPSA) is 41.6 Å². The normalized spacial score (nSPS) is 14.2. The molecule has 1 aliphatic heterocycles. The molecule has 4 nitrogen and oxygen atoms in total. The number of nitrogens with zero attached hydrogens (tertiary/aromatic N) is 1. The molecule has 1 aromatic carbocycles. The first-order valence-corrected chi connectivity index (χ1v) is 8.90. The molecular formula is C18H21FN2O2S. The van der Waals surface area contributed by atoms with E-state index in [2.05, 4.69) is 21.7 Å². The zero-order valence-electron chi connectivity index (χ0n) is 13.7. The first kappa shape index (κ1) is 16.9. The minimum absolute atomic E-state index is 0.0461. The molecule has 24 heavy (non-hydrogen) atoms. The van der Waals surface area contributed by atoms with Crippen molar-refractivity contribution >= 4 is 17.2 Å². The van der Waals surface area contributed by atoms with Crippen LogP contribution >= 0.6 is 11.3 Å². The fourth-order valence-electron chi connectivity index (χ4n) is 2.89. The summed E-state index contributed by atoms with van der Waals surface area (Å²) in [6.07, 6.45) is 1.13. The summed E-state index contributed by atoms with van der Waals surface area (Å²) in [5, 5.41) is 5.01. The molecule has 1 amide bonds. The van der Waals surface area contributed by atoms with Gasteiger partial charge in [-0.25, -0.2) is 4.39 Å². The first-order chi connectivity index (χ1) is 11.7. The number of methoxy groups -OCH3 is 1. The zero-order valence-corrected chi connectivity index (χ0v) is 14.5. The average molecular weight is 348 g/mol. The molecule has 1 N–H and O–H groups in total. The maximum Gasteiger partial charge on any atom is 0.224 e. The molecule has 0 aliphatic carbocycles. The molecular weight excluding hydrogens is 327 g/mol. The molecule has 0 saturated carbocycles. The van der Waals surface area contributed by atoms with Crippen molar-refractivity contribution in [1.82, 2.24) is 10.2 Å². The second-order valence-corrected chi connectivity index (χ2v) is 6.88. The molecule has 0 saturated heterocycles. The largest absolute Gasteiger partial charge is 0.497 e. The Balaban J connectivity index is 1.43. The lowest BCUT2D eigenvalue weighted by atomic mass is 10.1. The number of carbonyl (C=O) groups excluding carboxylic acids is 1. The lowest BCUT2D eigenvalue weighted by Crippen LogP contribution is -2.37. The van der Waals surface area contributed by atoms with E-state index in [1.807, 2.05) is 11.3 Å². The lowest BCUT2D eigenvalue weighted by Gasteiger charge is -2.26. The minimum atomic E-state index is -0.412. The molecule has 2 aromatic rings. The van der Waals surface area contributed by atoms with Gasteiger partial charge in [-0.05, 0) is 35.1 Å². The average Bonchev–Trinajstić information content (AvgIpc) is 3.04. The van der Waals surface area contributed by atoms with E-state index in [0.29, 0.717) is 17.9 Å². The number of benzene rings is 1. The third-order valence-corrected chi connectivity index (χ3v) is 5.27. The summed E-state index contributed by atoms with van der Waals surface area (Å²) >= 11 is 1.82. The van der Waals surface area contributed by atoms with Crippen LogP contribution in [0, 0.1) is 5.82 Å². The van der Waals surface area contributed by atoms with Gasteiger partial charge in [-0.1, -0.05) is 6.07 Å². The summed E-state index contributed by atoms with van der Waals surface area (Å²) < 4.78 is 18.8. The summed E-state index contributed by atoms with van der Waals surface area (Å²) in [6, 6.07) is 6.74. The van der Waals surface area contributed by atoms with Crippen molar-refractivity contribution in [3.05, 3.63) is 51.5 Å². The Hall–Kier alpha value is -1.92. The van der Waals surface area contributed by atoms with Gasteiger partial charge in [-0.2, -0.15) is 0 Å². The van der Waals surface area contributed by atoms with E-state index in [0.717, 1.165) is 26.1 Å². The zero-order chi connectivity index (χ0) is 16.9. The molecule has 1 aromatic heterocycles. The summed E-state index contributed by atoms with van der Waals surface area (Å²) in [5.74, 6) is -0.118. The van der Waals surface area contributed by atoms with E-state index in [1.165, 1.54) is 23.6 Å². The summed E-state index contributed by atoms with van der Waals surface area (Å²) in [7, 11) is 1.49. The Morgan fingerprint density at radius 3 is 3.08 bits per heavy atom. The fourth-order valence-corrected chi connectivity index (χ4v) is 3.77. The van der Waals surface area contributed by atoms with Gasteiger partial charge in [0, 0.05) is 37.1 Å². The first-order valence-electron chi connectivity index (χ1n) is 8.02. The van der Waals surface area contributed by atoms with Crippen LogP contribution in [-0.2, 0) is 24.2 Å². The molecule has 1 aliphatic rings. The Morgan fingerprint density at radius 2 is 2.29 bits per heavy atom. The number of hydrogen-bond acceptors (Lipinski definition) is 4. The van der Waals surface area contributed by atoms with Gasteiger partial charge in [0.05, 0.1) is 13.5 Å². The Labute approximate surface area is 145 Å². The van der Waals surface area contributed by atoms with Crippen LogP contribution in [0.15, 0.2) is 29.6 Å². The Bertz CT molecular complexity index is 717. The van der Waals surface area contributed by atoms with Crippen LogP contribution in [0.2, 0.25) is 0 Å². The number of thiophene rings is 1. The van der Waals surface area contributed by atoms with Crippen LogP contribution in [0.1, 0.15) is 16.0 Å². The standard InChI is InChI=1S/C18H21FN2O2S/c1-23-15-3-2-13(16(19)11-15)10-18(22)20-6-8-21-7-4-17-14(12-21)5-9-24-17/h2-3,5,9,11H,4,6-8,10,12H2,1H3,(H,20,22). The number of rotatable bonds is 6. The molecule has 0 atom stereocenters. The SMILES string of the molecule is COc1ccc(CC(=O)NCCN2CCc3sccc3C2)c(F)c1. The van der Waals surface area contributed by atoms with Gasteiger partial charge >= 0.3 is 0 Å². The van der Waals surface area contributed by atoms with Crippen LogP contribution < -0.4 is 10.1 Å². The number of nitrogens with one attached hydrogen (secondary N) is 1. The van der Waals surface area contributed by atoms with E-state index in [1.54, 1.807) is 12.1 Å². The van der Waals surface area contributed by atoms with Crippen molar-refractivity contribution in [1.29, 1.82) is 0 Å². The van der Waals surface area contributed by atoms with Crippen molar-refractivity contribution in [2.75, 3.05) is 26.7 Å². The van der Waals surface area contributed by atoms with Gasteiger partial charge in [0.2, 0.25) is 5.91 Å². The molecule has 0 spiro atoms. The van der Waals surface area contributed by atoms with Gasteiger partial charge in [-0.3, -0.25) is 9.69 Å². The number of halogens is 1. The second-order valence-electron chi connectivity index (χ2n) is 5.88. The highest BCUT2D eigenvalue weighted by Crippen LogP contribution is 2.23. The summed E-state index contributed by atoms with van der Waals surface area (Å²) in [4.78, 5) is 15.8. The van der Waals surface area contributed by atoms with Crippen LogP contribution in [0.5, 0.6) is 5.75 Å². The highest BCUT2D eigenvalue weighted by Gasteiger charge is 2.17. The van der Waals surface area contributed by atoms with Crippen molar-refractivity contribution in [3.63, 3.8) is 0 Å². The van der Waals surface area contributed by atoms with Gasteiger partial charge in [0.1, 0.15) is 11.6 Å². The Morgan fingerprint density at radius 1 is 1.42 bits per heavy atom. The fraction of sp³-hybridized carbons (Fsp3) is 0.389. The third-order valence-electron chi connectivity index (χ3n) is 4.25. The van der Waals surface area contributed by atoms with Gasteiger partial charge < -0.3 is 10.1 Å². The summed E-state index contributed by atoms with van der Waals surface area (Å²) in [5.41, 5.74) is 1.78. The maximum atomic E-state index is 13.9. The second kappa shape index (κ2) is 7.77. The van der Waals surface area contributed by atoms with Crippen LogP contribution in [0.25, 0.3) is 0 Å². The molecule has 0 bridgehead atoms. The highest BCUT2D eigenvalue weighted by atomic mass is 32.1. The predicted molar refractivity (Wildman–Crippen MR) is 93.0 cm³/mol. The quantitative estimate of drug-likeness (QED) is 0.873. The molecule has 3 rings (SSSR count). The van der Waals surface area contributed by atoms with Gasteiger partial charge in [0.15, 0.2) is 0 Å². The number of hydrogen-bond donors (Lipinski definition) is 1. The minimum Gasteiger partial charge on any atom is -0.497 e. The van der Waals surface area contributed by atoms with Gasteiger partial charge in [-0.15, -0.1) is 11.3 Å². The molecule has 0 radical (unpaired) electrons. The number of amides is 1. The molecule has 2 heterocycles. The Kier molecular flexibility index (Phi) is 5.48. The summed E-state index contributed by atoms with van der Waals surface area (Å²) in [6.45, 7) is 3.36. The van der Waals surface area contributed by atoms with E-state index in [-0.39, 0.29) is 12.3 Å². The van der Waals surface area contributed by atoms with Gasteiger partial charge in [0.25, 0.3) is 0 Å². The van der Waals surface area contributed by atoms with E-state index >= 15 is 0 Å². The third kappa shape index (κ3) is 4.13. The van der Waals surface area contributed by atoms with E-state index in [4.69, 9.17) is 4.74 Å². The van der Waals surface area contributed by atoms with E-state index < -0.39 is 5.82 Å². The van der Waals surface area contributed by atoms with Crippen molar-refractivity contribution in [3.8, 4) is 5.75 Å². The van der Waals surface area contributed by atoms with E-state index in [9.17, 15) is 9.18 Å². The monoisotopic (exact) mass is 348 g/mol. The maximum absolute atomic E-state index is 13.9. The molecule has 0 fully saturated rings. The van der Waals surface area contributed by atoms with Crippen LogP contribution in [-0.4, -0.2) is 37.6 Å². The molecule has 6 heteroatoms. The van der Waals surface area contributed by atoms with Crippen molar-refractivity contribution in [2.45, 2.75) is 19.4 Å². The van der Waals surface area contributed by atoms with Crippen LogP contribution in [0.4, 0.5) is 4.39 Å². The number of fused-ring (bicyclic) bond motifs is 1. The van der Waals surface area contributed by atoms with Crippen molar-refractivity contribution in [2.24, 2.45) is 0 Å². The highest BCUT2D eigenvalue weighted by molar-refractivity contribution is 7.10. The predicted octanol–water partition coefficient (Wildman–Crippen LogP) is 2.61. The van der Waals surface area contributed by atoms with Crippen LogP contribution in [0.3, 0.4) is 0 Å². The number of carbonyl (C=O) groups is 1.